The summed E-state index contributed by atoms with van der Waals surface area (Å²) >= 11 is 9.71. The summed E-state index contributed by atoms with van der Waals surface area (Å²) in [4.78, 5) is 0. The highest BCUT2D eigenvalue weighted by atomic mass is 79.9. The summed E-state index contributed by atoms with van der Waals surface area (Å²) in [7, 11) is 0. The molecule has 0 saturated carbocycles. The Balaban J connectivity index is 2.01. The second-order valence-corrected chi connectivity index (χ2v) is 5.82. The number of nitrogen functional groups attached to an aromatic ring is 1. The van der Waals surface area contributed by atoms with E-state index in [0.29, 0.717) is 10.7 Å². The highest BCUT2D eigenvalue weighted by Crippen LogP contribution is 2.24. The Labute approximate surface area is 124 Å². The molecule has 1 heterocycles. The van der Waals surface area contributed by atoms with Gasteiger partial charge in [-0.25, -0.2) is 0 Å². The van der Waals surface area contributed by atoms with E-state index in [4.69, 9.17) is 17.3 Å². The van der Waals surface area contributed by atoms with Gasteiger partial charge in [-0.2, -0.15) is 0 Å². The summed E-state index contributed by atoms with van der Waals surface area (Å²) in [5.41, 5.74) is 8.66. The zero-order valence-corrected chi connectivity index (χ0v) is 12.4. The van der Waals surface area contributed by atoms with Crippen LogP contribution in [0.15, 0.2) is 53.1 Å². The van der Waals surface area contributed by atoms with Crippen LogP contribution in [0.25, 0.3) is 10.9 Å². The number of hydrogen-bond donors (Lipinski definition) is 1. The van der Waals surface area contributed by atoms with Gasteiger partial charge >= 0.3 is 0 Å². The molecule has 0 aliphatic carbocycles. The fraction of sp³-hybridized carbons (Fsp3) is 0.0667. The molecule has 0 saturated heterocycles. The lowest BCUT2D eigenvalue weighted by atomic mass is 10.2. The van der Waals surface area contributed by atoms with Crippen LogP contribution < -0.4 is 5.73 Å². The normalized spacial score (nSPS) is 11.1. The van der Waals surface area contributed by atoms with Gasteiger partial charge in [0.1, 0.15) is 0 Å². The van der Waals surface area contributed by atoms with Crippen molar-refractivity contribution >= 4 is 44.1 Å². The Hall–Kier alpha value is -1.45. The maximum absolute atomic E-state index is 6.22. The van der Waals surface area contributed by atoms with E-state index in [1.807, 2.05) is 18.2 Å². The summed E-state index contributed by atoms with van der Waals surface area (Å²) in [6.07, 6.45) is 2.07. The van der Waals surface area contributed by atoms with Gasteiger partial charge in [-0.15, -0.1) is 0 Å². The first-order chi connectivity index (χ1) is 9.13. The van der Waals surface area contributed by atoms with E-state index in [1.54, 1.807) is 6.07 Å². The van der Waals surface area contributed by atoms with Gasteiger partial charge in [-0.05, 0) is 42.0 Å². The van der Waals surface area contributed by atoms with Gasteiger partial charge in [0.25, 0.3) is 0 Å². The fourth-order valence-electron chi connectivity index (χ4n) is 2.18. The van der Waals surface area contributed by atoms with Crippen molar-refractivity contribution in [1.29, 1.82) is 0 Å². The highest BCUT2D eigenvalue weighted by Gasteiger charge is 2.05. The van der Waals surface area contributed by atoms with Crippen molar-refractivity contribution in [2.75, 3.05) is 5.73 Å². The molecule has 2 N–H and O–H groups in total. The van der Waals surface area contributed by atoms with Crippen LogP contribution in [0.4, 0.5) is 5.69 Å². The molecule has 1 aromatic heterocycles. The van der Waals surface area contributed by atoms with E-state index in [1.165, 1.54) is 10.9 Å². The summed E-state index contributed by atoms with van der Waals surface area (Å²) in [6.45, 7) is 0.740. The molecule has 0 fully saturated rings. The predicted octanol–water partition coefficient (Wildman–Crippen LogP) is 4.69. The topological polar surface area (TPSA) is 30.9 Å². The first-order valence-electron chi connectivity index (χ1n) is 5.92. The number of nitrogens with zero attached hydrogens (tertiary/aromatic N) is 1. The molecular formula is C15H12BrClN2. The molecule has 3 aromatic rings. The van der Waals surface area contributed by atoms with Crippen molar-refractivity contribution < 1.29 is 0 Å². The number of anilines is 1. The molecule has 3 rings (SSSR count). The quantitative estimate of drug-likeness (QED) is 0.677. The van der Waals surface area contributed by atoms with Gasteiger partial charge in [0.2, 0.25) is 0 Å². The third kappa shape index (κ3) is 2.48. The van der Waals surface area contributed by atoms with Crippen molar-refractivity contribution in [3.05, 3.63) is 63.7 Å². The van der Waals surface area contributed by atoms with Crippen molar-refractivity contribution in [2.45, 2.75) is 6.54 Å². The summed E-state index contributed by atoms with van der Waals surface area (Å²) in [6, 6.07) is 14.0. The number of halogens is 2. The Bertz CT molecular complexity index is 749. The van der Waals surface area contributed by atoms with E-state index in [-0.39, 0.29) is 0 Å². The van der Waals surface area contributed by atoms with Crippen molar-refractivity contribution in [2.24, 2.45) is 0 Å². The standard InChI is InChI=1S/C15H12BrClN2/c16-12-2-4-15-10(7-12)5-6-19(15)9-11-1-3-13(18)8-14(11)17/h1-8H,9,18H2. The predicted molar refractivity (Wildman–Crippen MR) is 84.6 cm³/mol. The maximum atomic E-state index is 6.22. The van der Waals surface area contributed by atoms with Crippen molar-refractivity contribution in [1.82, 2.24) is 4.57 Å². The van der Waals surface area contributed by atoms with Crippen molar-refractivity contribution in [3.63, 3.8) is 0 Å². The number of benzene rings is 2. The Morgan fingerprint density at radius 2 is 1.95 bits per heavy atom. The molecule has 0 amide bonds. The van der Waals surface area contributed by atoms with Crippen LogP contribution >= 0.6 is 27.5 Å². The SMILES string of the molecule is Nc1ccc(Cn2ccc3cc(Br)ccc32)c(Cl)c1. The lowest BCUT2D eigenvalue weighted by Gasteiger charge is -2.08. The molecule has 0 aliphatic rings. The average Bonchev–Trinajstić information content (AvgIpc) is 2.75. The third-order valence-electron chi connectivity index (χ3n) is 3.15. The molecule has 0 unspecified atom stereocenters. The van der Waals surface area contributed by atoms with E-state index < -0.39 is 0 Å². The summed E-state index contributed by atoms with van der Waals surface area (Å²) in [5, 5.41) is 1.92. The highest BCUT2D eigenvalue weighted by molar-refractivity contribution is 9.10. The van der Waals surface area contributed by atoms with Crippen LogP contribution in [0.2, 0.25) is 5.02 Å². The van der Waals surface area contributed by atoms with Gasteiger partial charge in [0, 0.05) is 38.8 Å². The van der Waals surface area contributed by atoms with Gasteiger partial charge < -0.3 is 10.3 Å². The summed E-state index contributed by atoms with van der Waals surface area (Å²) in [5.74, 6) is 0. The molecule has 0 spiro atoms. The number of hydrogen-bond acceptors (Lipinski definition) is 1. The monoisotopic (exact) mass is 334 g/mol. The van der Waals surface area contributed by atoms with E-state index >= 15 is 0 Å². The van der Waals surface area contributed by atoms with Crippen LogP contribution in [0, 0.1) is 0 Å². The number of nitrogens with two attached hydrogens (primary N) is 1. The van der Waals surface area contributed by atoms with Crippen molar-refractivity contribution in [3.8, 4) is 0 Å². The minimum atomic E-state index is 0.690. The van der Waals surface area contributed by atoms with E-state index in [0.717, 1.165) is 16.6 Å². The molecular weight excluding hydrogens is 324 g/mol. The molecule has 96 valence electrons. The average molecular weight is 336 g/mol. The van der Waals surface area contributed by atoms with Gasteiger partial charge in [0.05, 0.1) is 0 Å². The molecule has 19 heavy (non-hydrogen) atoms. The smallest absolute Gasteiger partial charge is 0.0490 e. The van der Waals surface area contributed by atoms with Crippen LogP contribution in [-0.2, 0) is 6.54 Å². The largest absolute Gasteiger partial charge is 0.399 e. The molecule has 4 heteroatoms. The Morgan fingerprint density at radius 3 is 2.74 bits per heavy atom. The van der Waals surface area contributed by atoms with E-state index in [9.17, 15) is 0 Å². The lowest BCUT2D eigenvalue weighted by molar-refractivity contribution is 0.837. The fourth-order valence-corrected chi connectivity index (χ4v) is 2.81. The Morgan fingerprint density at radius 1 is 1.11 bits per heavy atom. The second-order valence-electron chi connectivity index (χ2n) is 4.50. The molecule has 2 aromatic carbocycles. The number of fused-ring (bicyclic) bond motifs is 1. The molecule has 0 bridgehead atoms. The number of aromatic nitrogens is 1. The zero-order valence-electron chi connectivity index (χ0n) is 10.1. The van der Waals surface area contributed by atoms with Crippen LogP contribution in [-0.4, -0.2) is 4.57 Å². The first-order valence-corrected chi connectivity index (χ1v) is 7.09. The lowest BCUT2D eigenvalue weighted by Crippen LogP contribution is -1.99. The first kappa shape index (κ1) is 12.6. The minimum Gasteiger partial charge on any atom is -0.399 e. The van der Waals surface area contributed by atoms with E-state index in [2.05, 4.69) is 44.9 Å². The van der Waals surface area contributed by atoms with Crippen LogP contribution in [0.3, 0.4) is 0 Å². The van der Waals surface area contributed by atoms with Gasteiger partial charge in [-0.1, -0.05) is 33.6 Å². The van der Waals surface area contributed by atoms with Crippen LogP contribution in [0.1, 0.15) is 5.56 Å². The summed E-state index contributed by atoms with van der Waals surface area (Å²) < 4.78 is 3.27. The van der Waals surface area contributed by atoms with Gasteiger partial charge in [-0.3, -0.25) is 0 Å². The van der Waals surface area contributed by atoms with Crippen LogP contribution in [0.5, 0.6) is 0 Å². The molecule has 2 nitrogen and oxygen atoms in total. The Kier molecular flexibility index (Phi) is 3.25. The third-order valence-corrected chi connectivity index (χ3v) is 4.00. The van der Waals surface area contributed by atoms with Gasteiger partial charge in [0.15, 0.2) is 0 Å². The second kappa shape index (κ2) is 4.91. The maximum Gasteiger partial charge on any atom is 0.0490 e. The minimum absolute atomic E-state index is 0.690. The number of rotatable bonds is 2. The molecule has 0 radical (unpaired) electrons. The molecule has 0 atom stereocenters. The molecule has 0 aliphatic heterocycles. The zero-order chi connectivity index (χ0) is 13.4.